The zero-order valence-corrected chi connectivity index (χ0v) is 8.01. The van der Waals surface area contributed by atoms with Gasteiger partial charge in [0.25, 0.3) is 0 Å². The second-order valence-electron chi connectivity index (χ2n) is 2.72. The Kier molecular flexibility index (Phi) is 2.63. The first kappa shape index (κ1) is 8.97. The standard InChI is InChI=1S/C9H14N2O/c1-5-12-9-6(2)7(3)10-8(4)11-9/h5H2,1-4H3. The van der Waals surface area contributed by atoms with Gasteiger partial charge in [-0.15, -0.1) is 0 Å². The van der Waals surface area contributed by atoms with Gasteiger partial charge in [0.05, 0.1) is 6.61 Å². The fourth-order valence-electron chi connectivity index (χ4n) is 1.01. The van der Waals surface area contributed by atoms with Crippen LogP contribution in [0.5, 0.6) is 5.88 Å². The molecular formula is C9H14N2O. The van der Waals surface area contributed by atoms with E-state index in [2.05, 4.69) is 9.97 Å². The van der Waals surface area contributed by atoms with Crippen molar-refractivity contribution in [3.8, 4) is 5.88 Å². The number of aromatic nitrogens is 2. The highest BCUT2D eigenvalue weighted by Gasteiger charge is 2.05. The van der Waals surface area contributed by atoms with Crippen molar-refractivity contribution < 1.29 is 4.74 Å². The fourth-order valence-corrected chi connectivity index (χ4v) is 1.01. The van der Waals surface area contributed by atoms with Crippen LogP contribution in [0.2, 0.25) is 0 Å². The second-order valence-corrected chi connectivity index (χ2v) is 2.72. The first-order chi connectivity index (χ1) is 5.65. The van der Waals surface area contributed by atoms with E-state index in [-0.39, 0.29) is 0 Å². The van der Waals surface area contributed by atoms with E-state index in [1.807, 2.05) is 27.7 Å². The molecule has 0 saturated carbocycles. The van der Waals surface area contributed by atoms with E-state index in [0.29, 0.717) is 12.5 Å². The van der Waals surface area contributed by atoms with Gasteiger partial charge >= 0.3 is 0 Å². The van der Waals surface area contributed by atoms with Gasteiger partial charge in [0.1, 0.15) is 5.82 Å². The van der Waals surface area contributed by atoms with Crippen LogP contribution in [0.25, 0.3) is 0 Å². The van der Waals surface area contributed by atoms with Gasteiger partial charge in [-0.2, -0.15) is 4.98 Å². The SMILES string of the molecule is CCOc1nc(C)nc(C)c1C. The Balaban J connectivity index is 3.09. The third-order valence-electron chi connectivity index (χ3n) is 1.74. The second kappa shape index (κ2) is 3.52. The van der Waals surface area contributed by atoms with Crippen LogP contribution in [0, 0.1) is 20.8 Å². The molecule has 0 aliphatic carbocycles. The Morgan fingerprint density at radius 3 is 2.42 bits per heavy atom. The summed E-state index contributed by atoms with van der Waals surface area (Å²) in [5.41, 5.74) is 2.02. The quantitative estimate of drug-likeness (QED) is 0.672. The van der Waals surface area contributed by atoms with Gasteiger partial charge in [-0.1, -0.05) is 0 Å². The van der Waals surface area contributed by atoms with E-state index in [1.165, 1.54) is 0 Å². The van der Waals surface area contributed by atoms with Gasteiger partial charge in [-0.3, -0.25) is 0 Å². The number of ether oxygens (including phenoxy) is 1. The first-order valence-corrected chi connectivity index (χ1v) is 4.09. The normalized spacial score (nSPS) is 10.0. The minimum absolute atomic E-state index is 0.650. The fraction of sp³-hybridized carbons (Fsp3) is 0.556. The summed E-state index contributed by atoms with van der Waals surface area (Å²) in [6, 6.07) is 0. The molecule has 0 fully saturated rings. The molecule has 0 aromatic carbocycles. The lowest BCUT2D eigenvalue weighted by Crippen LogP contribution is -2.02. The summed E-state index contributed by atoms with van der Waals surface area (Å²) in [4.78, 5) is 8.41. The van der Waals surface area contributed by atoms with E-state index < -0.39 is 0 Å². The monoisotopic (exact) mass is 166 g/mol. The van der Waals surface area contributed by atoms with E-state index >= 15 is 0 Å². The summed E-state index contributed by atoms with van der Waals surface area (Å²) in [5, 5.41) is 0. The molecule has 0 bridgehead atoms. The molecule has 1 aromatic rings. The molecule has 12 heavy (non-hydrogen) atoms. The highest BCUT2D eigenvalue weighted by atomic mass is 16.5. The van der Waals surface area contributed by atoms with Crippen LogP contribution >= 0.6 is 0 Å². The van der Waals surface area contributed by atoms with Crippen LogP contribution < -0.4 is 4.74 Å². The van der Waals surface area contributed by atoms with E-state index in [1.54, 1.807) is 0 Å². The Hall–Kier alpha value is -1.12. The van der Waals surface area contributed by atoms with Gasteiger partial charge < -0.3 is 4.74 Å². The smallest absolute Gasteiger partial charge is 0.219 e. The summed E-state index contributed by atoms with van der Waals surface area (Å²) in [5.74, 6) is 1.48. The lowest BCUT2D eigenvalue weighted by atomic mass is 10.2. The minimum atomic E-state index is 0.650. The molecule has 3 heteroatoms. The molecule has 1 aromatic heterocycles. The van der Waals surface area contributed by atoms with Crippen molar-refractivity contribution in [3.05, 3.63) is 17.1 Å². The van der Waals surface area contributed by atoms with Crippen molar-refractivity contribution in [2.24, 2.45) is 0 Å². The maximum atomic E-state index is 5.35. The zero-order valence-electron chi connectivity index (χ0n) is 8.01. The Morgan fingerprint density at radius 2 is 1.83 bits per heavy atom. The summed E-state index contributed by atoms with van der Waals surface area (Å²) < 4.78 is 5.35. The van der Waals surface area contributed by atoms with Crippen LogP contribution in [0.3, 0.4) is 0 Å². The van der Waals surface area contributed by atoms with E-state index in [4.69, 9.17) is 4.74 Å². The summed E-state index contributed by atoms with van der Waals surface area (Å²) in [7, 11) is 0. The molecule has 0 atom stereocenters. The van der Waals surface area contributed by atoms with Crippen molar-refractivity contribution in [1.82, 2.24) is 9.97 Å². The number of rotatable bonds is 2. The largest absolute Gasteiger partial charge is 0.478 e. The molecule has 0 amide bonds. The summed E-state index contributed by atoms with van der Waals surface area (Å²) in [6.07, 6.45) is 0. The zero-order chi connectivity index (χ0) is 9.14. The van der Waals surface area contributed by atoms with Gasteiger partial charge in [0.15, 0.2) is 0 Å². The van der Waals surface area contributed by atoms with Crippen LogP contribution in [0.15, 0.2) is 0 Å². The predicted molar refractivity (Wildman–Crippen MR) is 47.4 cm³/mol. The topological polar surface area (TPSA) is 35.0 Å². The third kappa shape index (κ3) is 1.72. The molecule has 0 radical (unpaired) electrons. The van der Waals surface area contributed by atoms with Crippen molar-refractivity contribution in [3.63, 3.8) is 0 Å². The third-order valence-corrected chi connectivity index (χ3v) is 1.74. The number of hydrogen-bond acceptors (Lipinski definition) is 3. The van der Waals surface area contributed by atoms with Crippen molar-refractivity contribution in [2.45, 2.75) is 27.7 Å². The number of aryl methyl sites for hydroxylation is 2. The molecule has 66 valence electrons. The first-order valence-electron chi connectivity index (χ1n) is 4.09. The van der Waals surface area contributed by atoms with Gasteiger partial charge in [0.2, 0.25) is 5.88 Å². The van der Waals surface area contributed by atoms with E-state index in [9.17, 15) is 0 Å². The average Bonchev–Trinajstić information content (AvgIpc) is 2.00. The maximum absolute atomic E-state index is 5.35. The Bertz CT molecular complexity index is 284. The summed E-state index contributed by atoms with van der Waals surface area (Å²) >= 11 is 0. The van der Waals surface area contributed by atoms with Crippen LogP contribution in [0.1, 0.15) is 24.0 Å². The molecule has 0 aliphatic rings. The lowest BCUT2D eigenvalue weighted by Gasteiger charge is -2.07. The molecule has 0 unspecified atom stereocenters. The molecule has 0 aliphatic heterocycles. The lowest BCUT2D eigenvalue weighted by molar-refractivity contribution is 0.322. The molecule has 0 N–H and O–H groups in total. The van der Waals surface area contributed by atoms with Crippen LogP contribution in [-0.2, 0) is 0 Å². The molecular weight excluding hydrogens is 152 g/mol. The maximum Gasteiger partial charge on any atom is 0.219 e. The Morgan fingerprint density at radius 1 is 1.17 bits per heavy atom. The van der Waals surface area contributed by atoms with Crippen LogP contribution in [-0.4, -0.2) is 16.6 Å². The van der Waals surface area contributed by atoms with Crippen molar-refractivity contribution in [1.29, 1.82) is 0 Å². The van der Waals surface area contributed by atoms with Crippen LogP contribution in [0.4, 0.5) is 0 Å². The highest BCUT2D eigenvalue weighted by molar-refractivity contribution is 5.28. The minimum Gasteiger partial charge on any atom is -0.478 e. The molecule has 0 spiro atoms. The number of nitrogens with zero attached hydrogens (tertiary/aromatic N) is 2. The van der Waals surface area contributed by atoms with Gasteiger partial charge in [-0.05, 0) is 27.7 Å². The van der Waals surface area contributed by atoms with Crippen molar-refractivity contribution >= 4 is 0 Å². The molecule has 1 rings (SSSR count). The molecule has 1 heterocycles. The van der Waals surface area contributed by atoms with Crippen molar-refractivity contribution in [2.75, 3.05) is 6.61 Å². The number of hydrogen-bond donors (Lipinski definition) is 0. The summed E-state index contributed by atoms with van der Waals surface area (Å²) in [6.45, 7) is 8.41. The molecule has 0 saturated heterocycles. The van der Waals surface area contributed by atoms with Gasteiger partial charge in [-0.25, -0.2) is 4.98 Å². The Labute approximate surface area is 72.8 Å². The average molecular weight is 166 g/mol. The van der Waals surface area contributed by atoms with Gasteiger partial charge in [0, 0.05) is 11.3 Å². The van der Waals surface area contributed by atoms with E-state index in [0.717, 1.165) is 17.1 Å². The molecule has 3 nitrogen and oxygen atoms in total. The highest BCUT2D eigenvalue weighted by Crippen LogP contribution is 2.16. The predicted octanol–water partition coefficient (Wildman–Crippen LogP) is 1.80.